The first-order chi connectivity index (χ1) is 12.6. The van der Waals surface area contributed by atoms with Crippen molar-refractivity contribution >= 4 is 23.6 Å². The van der Waals surface area contributed by atoms with E-state index in [1.807, 2.05) is 46.1 Å². The first kappa shape index (κ1) is 18.5. The highest BCUT2D eigenvalue weighted by atomic mass is 32.2. The van der Waals surface area contributed by atoms with Gasteiger partial charge in [-0.15, -0.1) is 0 Å². The molecule has 1 aliphatic rings. The number of carbonyl (C=O) groups excluding carboxylic acids is 2. The Hall–Kier alpha value is -2.32. The van der Waals surface area contributed by atoms with Crippen LogP contribution >= 0.6 is 11.8 Å². The molecule has 0 saturated carbocycles. The molecule has 1 aliphatic heterocycles. The van der Waals surface area contributed by atoms with Crippen LogP contribution in [0.1, 0.15) is 23.3 Å². The van der Waals surface area contributed by atoms with E-state index in [4.69, 9.17) is 5.73 Å². The molecule has 3 N–H and O–H groups in total. The second-order valence-electron chi connectivity index (χ2n) is 6.29. The van der Waals surface area contributed by atoms with Crippen LogP contribution in [0.5, 0.6) is 0 Å². The molecule has 0 radical (unpaired) electrons. The van der Waals surface area contributed by atoms with Crippen LogP contribution < -0.4 is 11.1 Å². The lowest BCUT2D eigenvalue weighted by Gasteiger charge is -2.31. The molecule has 0 aliphatic carbocycles. The molecule has 2 heterocycles. The monoisotopic (exact) mass is 373 g/mol. The summed E-state index contributed by atoms with van der Waals surface area (Å²) in [4.78, 5) is 30.2. The van der Waals surface area contributed by atoms with E-state index >= 15 is 0 Å². The molecule has 8 heteroatoms. The van der Waals surface area contributed by atoms with E-state index in [-0.39, 0.29) is 24.4 Å². The maximum atomic E-state index is 12.8. The summed E-state index contributed by atoms with van der Waals surface area (Å²) in [7, 11) is 0. The van der Waals surface area contributed by atoms with Crippen LogP contribution in [0.3, 0.4) is 0 Å². The first-order valence-electron chi connectivity index (χ1n) is 8.57. The highest BCUT2D eigenvalue weighted by molar-refractivity contribution is 7.98. The zero-order chi connectivity index (χ0) is 18.5. The number of hydrogen-bond donors (Lipinski definition) is 2. The zero-order valence-electron chi connectivity index (χ0n) is 14.7. The molecule has 1 fully saturated rings. The Balaban J connectivity index is 1.70. The third kappa shape index (κ3) is 4.25. The molecule has 138 valence electrons. The van der Waals surface area contributed by atoms with Gasteiger partial charge in [0.2, 0.25) is 5.91 Å². The van der Waals surface area contributed by atoms with Gasteiger partial charge in [-0.3, -0.25) is 19.1 Å². The number of amides is 2. The van der Waals surface area contributed by atoms with Gasteiger partial charge in [0.1, 0.15) is 5.69 Å². The first-order valence-corrected chi connectivity index (χ1v) is 9.79. The number of benzene rings is 1. The number of thioether (sulfide) groups is 1. The molecule has 0 spiro atoms. The summed E-state index contributed by atoms with van der Waals surface area (Å²) in [6.07, 6.45) is 5.16. The number of carbonyl (C=O) groups is 2. The summed E-state index contributed by atoms with van der Waals surface area (Å²) in [5.74, 6) is -0.446. The predicted octanol–water partition coefficient (Wildman–Crippen LogP) is 1.27. The molecule has 7 nitrogen and oxygen atoms in total. The fraction of sp³-hybridized carbons (Fsp3) is 0.389. The Morgan fingerprint density at radius 2 is 1.96 bits per heavy atom. The molecular weight excluding hydrogens is 350 g/mol. The highest BCUT2D eigenvalue weighted by Crippen LogP contribution is 2.22. The largest absolute Gasteiger partial charge is 0.369 e. The van der Waals surface area contributed by atoms with E-state index in [9.17, 15) is 9.59 Å². The summed E-state index contributed by atoms with van der Waals surface area (Å²) in [5, 5.41) is 3.88. The fourth-order valence-corrected chi connectivity index (χ4v) is 3.73. The van der Waals surface area contributed by atoms with Crippen LogP contribution in [0.4, 0.5) is 0 Å². The number of piperidine rings is 1. The maximum Gasteiger partial charge on any atom is 0.270 e. The molecule has 3 rings (SSSR count). The van der Waals surface area contributed by atoms with Gasteiger partial charge in [-0.05, 0) is 31.2 Å². The van der Waals surface area contributed by atoms with Crippen molar-refractivity contribution in [2.24, 2.45) is 5.73 Å². The molecule has 26 heavy (non-hydrogen) atoms. The molecule has 1 aromatic heterocycles. The Bertz CT molecular complexity index is 769. The van der Waals surface area contributed by atoms with E-state index in [1.54, 1.807) is 6.20 Å². The van der Waals surface area contributed by atoms with Gasteiger partial charge in [-0.1, -0.05) is 30.0 Å². The lowest BCUT2D eigenvalue weighted by atomic mass is 10.0. The minimum atomic E-state index is -0.316. The van der Waals surface area contributed by atoms with E-state index in [0.29, 0.717) is 5.69 Å². The van der Waals surface area contributed by atoms with Crippen molar-refractivity contribution in [1.82, 2.24) is 19.8 Å². The van der Waals surface area contributed by atoms with Crippen LogP contribution in [-0.4, -0.2) is 58.2 Å². The van der Waals surface area contributed by atoms with Gasteiger partial charge in [0.25, 0.3) is 5.91 Å². The van der Waals surface area contributed by atoms with E-state index in [2.05, 4.69) is 10.3 Å². The minimum Gasteiger partial charge on any atom is -0.369 e. The van der Waals surface area contributed by atoms with Crippen molar-refractivity contribution in [3.63, 3.8) is 0 Å². The van der Waals surface area contributed by atoms with Crippen molar-refractivity contribution in [1.29, 1.82) is 0 Å². The van der Waals surface area contributed by atoms with E-state index < -0.39 is 0 Å². The van der Waals surface area contributed by atoms with Gasteiger partial charge in [-0.25, -0.2) is 4.98 Å². The standard InChI is InChI=1S/C18H23N5O2S/c1-26-18-20-11-15(23(18)14-5-3-2-4-6-14)17(25)21-13-7-9-22(10-8-13)12-16(19)24/h2-6,11,13H,7-10,12H2,1H3,(H2,19,24)(H,21,25). The number of nitrogens with two attached hydrogens (primary N) is 1. The van der Waals surface area contributed by atoms with Crippen LogP contribution in [0.25, 0.3) is 5.69 Å². The number of primary amides is 1. The van der Waals surface area contributed by atoms with E-state index in [1.165, 1.54) is 11.8 Å². The molecule has 2 aromatic rings. The average Bonchev–Trinajstić information content (AvgIpc) is 3.08. The van der Waals surface area contributed by atoms with Gasteiger partial charge >= 0.3 is 0 Å². The number of rotatable bonds is 6. The number of aromatic nitrogens is 2. The van der Waals surface area contributed by atoms with Gasteiger partial charge in [0, 0.05) is 24.8 Å². The lowest BCUT2D eigenvalue weighted by molar-refractivity contribution is -0.119. The Kier molecular flexibility index (Phi) is 5.95. The van der Waals surface area contributed by atoms with Crippen LogP contribution in [0, 0.1) is 0 Å². The zero-order valence-corrected chi connectivity index (χ0v) is 15.5. The molecule has 0 unspecified atom stereocenters. The van der Waals surface area contributed by atoms with Crippen molar-refractivity contribution in [3.8, 4) is 5.69 Å². The maximum absolute atomic E-state index is 12.8. The Morgan fingerprint density at radius 1 is 1.27 bits per heavy atom. The van der Waals surface area contributed by atoms with Crippen LogP contribution in [0.2, 0.25) is 0 Å². The lowest BCUT2D eigenvalue weighted by Crippen LogP contribution is -2.47. The number of para-hydroxylation sites is 1. The molecule has 1 aromatic carbocycles. The van der Waals surface area contributed by atoms with Crippen molar-refractivity contribution in [2.45, 2.75) is 24.0 Å². The second kappa shape index (κ2) is 8.37. The smallest absolute Gasteiger partial charge is 0.270 e. The molecule has 0 atom stereocenters. The van der Waals surface area contributed by atoms with Gasteiger partial charge in [0.15, 0.2) is 5.16 Å². The number of nitrogens with zero attached hydrogens (tertiary/aromatic N) is 3. The van der Waals surface area contributed by atoms with Crippen LogP contribution in [0.15, 0.2) is 41.7 Å². The number of nitrogens with one attached hydrogen (secondary N) is 1. The van der Waals surface area contributed by atoms with Gasteiger partial charge < -0.3 is 11.1 Å². The summed E-state index contributed by atoms with van der Waals surface area (Å²) < 4.78 is 1.88. The normalized spacial score (nSPS) is 15.7. The summed E-state index contributed by atoms with van der Waals surface area (Å²) >= 11 is 1.50. The molecular formula is C18H23N5O2S. The van der Waals surface area contributed by atoms with Crippen molar-refractivity contribution in [2.75, 3.05) is 25.9 Å². The molecule has 0 bridgehead atoms. The number of imidazole rings is 1. The Morgan fingerprint density at radius 3 is 2.58 bits per heavy atom. The third-order valence-corrected chi connectivity index (χ3v) is 5.11. The minimum absolute atomic E-state index is 0.0866. The SMILES string of the molecule is CSc1ncc(C(=O)NC2CCN(CC(N)=O)CC2)n1-c1ccccc1. The topological polar surface area (TPSA) is 93.2 Å². The van der Waals surface area contributed by atoms with Gasteiger partial charge in [-0.2, -0.15) is 0 Å². The van der Waals surface area contributed by atoms with Crippen LogP contribution in [-0.2, 0) is 4.79 Å². The second-order valence-corrected chi connectivity index (χ2v) is 7.06. The summed E-state index contributed by atoms with van der Waals surface area (Å²) in [6.45, 7) is 1.78. The third-order valence-electron chi connectivity index (χ3n) is 4.46. The van der Waals surface area contributed by atoms with E-state index in [0.717, 1.165) is 36.8 Å². The fourth-order valence-electron chi connectivity index (χ4n) is 3.18. The summed E-state index contributed by atoms with van der Waals surface area (Å²) in [5.41, 5.74) is 6.68. The predicted molar refractivity (Wildman–Crippen MR) is 101 cm³/mol. The molecule has 2 amide bonds. The van der Waals surface area contributed by atoms with Gasteiger partial charge in [0.05, 0.1) is 12.7 Å². The average molecular weight is 373 g/mol. The number of likely N-dealkylation sites (tertiary alicyclic amines) is 1. The highest BCUT2D eigenvalue weighted by Gasteiger charge is 2.24. The summed E-state index contributed by atoms with van der Waals surface area (Å²) in [6, 6.07) is 9.83. The molecule has 1 saturated heterocycles. The quantitative estimate of drug-likeness (QED) is 0.744. The number of hydrogen-bond acceptors (Lipinski definition) is 5. The van der Waals surface area contributed by atoms with Crippen molar-refractivity contribution < 1.29 is 9.59 Å². The van der Waals surface area contributed by atoms with Crippen molar-refractivity contribution in [3.05, 3.63) is 42.2 Å². The Labute approximate surface area is 157 Å².